The molecule has 0 saturated carbocycles. The lowest BCUT2D eigenvalue weighted by Gasteiger charge is -2.42. The second-order valence-corrected chi connectivity index (χ2v) is 4.63. The molecule has 1 atom stereocenters. The van der Waals surface area contributed by atoms with Gasteiger partial charge in [-0.3, -0.25) is 4.90 Å². The van der Waals surface area contributed by atoms with Crippen molar-refractivity contribution in [2.45, 2.75) is 45.8 Å². The number of likely N-dealkylation sites (tertiary alicyclic amines) is 1. The molecule has 1 rings (SSSR count). The number of rotatable bonds is 5. The van der Waals surface area contributed by atoms with E-state index in [1.807, 2.05) is 0 Å². The lowest BCUT2D eigenvalue weighted by atomic mass is 10.0. The molecule has 2 heteroatoms. The highest BCUT2D eigenvalue weighted by atomic mass is 16.5. The Labute approximate surface area is 82.3 Å². The van der Waals surface area contributed by atoms with E-state index in [4.69, 9.17) is 4.74 Å². The highest BCUT2D eigenvalue weighted by Gasteiger charge is 2.29. The summed E-state index contributed by atoms with van der Waals surface area (Å²) in [5.74, 6) is 0.835. The SMILES string of the molecule is COC1CN(C(C)CCC(C)C)C1. The highest BCUT2D eigenvalue weighted by molar-refractivity contribution is 4.84. The Morgan fingerprint density at radius 2 is 1.85 bits per heavy atom. The van der Waals surface area contributed by atoms with Crippen molar-refractivity contribution in [1.82, 2.24) is 4.90 Å². The summed E-state index contributed by atoms with van der Waals surface area (Å²) in [5, 5.41) is 0. The zero-order valence-electron chi connectivity index (χ0n) is 9.42. The van der Waals surface area contributed by atoms with Crippen LogP contribution in [0, 0.1) is 5.92 Å². The summed E-state index contributed by atoms with van der Waals surface area (Å²) in [6.45, 7) is 9.18. The van der Waals surface area contributed by atoms with Crippen molar-refractivity contribution in [3.05, 3.63) is 0 Å². The molecule has 0 aromatic carbocycles. The summed E-state index contributed by atoms with van der Waals surface area (Å²) in [4.78, 5) is 2.51. The molecule has 0 N–H and O–H groups in total. The molecule has 1 fully saturated rings. The minimum atomic E-state index is 0.501. The zero-order chi connectivity index (χ0) is 9.84. The Kier molecular flexibility index (Phi) is 4.20. The molecule has 0 aromatic heterocycles. The first kappa shape index (κ1) is 11.0. The van der Waals surface area contributed by atoms with Crippen LogP contribution in [0.4, 0.5) is 0 Å². The fraction of sp³-hybridized carbons (Fsp3) is 1.00. The van der Waals surface area contributed by atoms with Crippen LogP contribution in [0.15, 0.2) is 0 Å². The maximum atomic E-state index is 5.25. The van der Waals surface area contributed by atoms with Gasteiger partial charge in [0.2, 0.25) is 0 Å². The maximum Gasteiger partial charge on any atom is 0.0825 e. The Morgan fingerprint density at radius 1 is 1.23 bits per heavy atom. The third-order valence-electron chi connectivity index (χ3n) is 2.99. The van der Waals surface area contributed by atoms with Crippen molar-refractivity contribution in [2.24, 2.45) is 5.92 Å². The molecule has 0 aliphatic carbocycles. The molecule has 0 spiro atoms. The molecule has 1 aliphatic heterocycles. The number of nitrogens with zero attached hydrogens (tertiary/aromatic N) is 1. The van der Waals surface area contributed by atoms with Crippen LogP contribution in [0.25, 0.3) is 0 Å². The molecule has 1 aliphatic rings. The van der Waals surface area contributed by atoms with Crippen LogP contribution < -0.4 is 0 Å². The third kappa shape index (κ3) is 3.28. The van der Waals surface area contributed by atoms with E-state index in [-0.39, 0.29) is 0 Å². The Hall–Kier alpha value is -0.0800. The summed E-state index contributed by atoms with van der Waals surface area (Å²) in [7, 11) is 1.81. The fourth-order valence-electron chi connectivity index (χ4n) is 1.74. The fourth-order valence-corrected chi connectivity index (χ4v) is 1.74. The Morgan fingerprint density at radius 3 is 2.31 bits per heavy atom. The van der Waals surface area contributed by atoms with Gasteiger partial charge in [-0.25, -0.2) is 0 Å². The summed E-state index contributed by atoms with van der Waals surface area (Å²) >= 11 is 0. The minimum Gasteiger partial charge on any atom is -0.379 e. The first-order chi connectivity index (χ1) is 6.13. The Bertz CT molecular complexity index is 141. The van der Waals surface area contributed by atoms with Crippen LogP contribution in [-0.4, -0.2) is 37.2 Å². The summed E-state index contributed by atoms with van der Waals surface area (Å²) in [5.41, 5.74) is 0. The first-order valence-corrected chi connectivity index (χ1v) is 5.40. The smallest absolute Gasteiger partial charge is 0.0825 e. The zero-order valence-corrected chi connectivity index (χ0v) is 9.42. The van der Waals surface area contributed by atoms with Crippen LogP contribution in [0.2, 0.25) is 0 Å². The van der Waals surface area contributed by atoms with Gasteiger partial charge in [-0.2, -0.15) is 0 Å². The standard InChI is InChI=1S/C11H23NO/c1-9(2)5-6-10(3)12-7-11(8-12)13-4/h9-11H,5-8H2,1-4H3. The predicted molar refractivity (Wildman–Crippen MR) is 55.9 cm³/mol. The number of ether oxygens (including phenoxy) is 1. The van der Waals surface area contributed by atoms with Crippen molar-refractivity contribution in [3.8, 4) is 0 Å². The van der Waals surface area contributed by atoms with Gasteiger partial charge < -0.3 is 4.74 Å². The predicted octanol–water partition coefficient (Wildman–Crippen LogP) is 2.14. The van der Waals surface area contributed by atoms with Gasteiger partial charge in [0.05, 0.1) is 6.10 Å². The number of methoxy groups -OCH3 is 1. The van der Waals surface area contributed by atoms with Crippen molar-refractivity contribution in [1.29, 1.82) is 0 Å². The lowest BCUT2D eigenvalue weighted by Crippen LogP contribution is -2.55. The molecular formula is C11H23NO. The first-order valence-electron chi connectivity index (χ1n) is 5.40. The van der Waals surface area contributed by atoms with Gasteiger partial charge in [-0.05, 0) is 25.7 Å². The second-order valence-electron chi connectivity index (χ2n) is 4.63. The van der Waals surface area contributed by atoms with Crippen molar-refractivity contribution < 1.29 is 4.74 Å². The van der Waals surface area contributed by atoms with E-state index in [0.29, 0.717) is 6.10 Å². The highest BCUT2D eigenvalue weighted by Crippen LogP contribution is 2.19. The van der Waals surface area contributed by atoms with Gasteiger partial charge in [0.25, 0.3) is 0 Å². The van der Waals surface area contributed by atoms with Crippen molar-refractivity contribution in [2.75, 3.05) is 20.2 Å². The van der Waals surface area contributed by atoms with Gasteiger partial charge >= 0.3 is 0 Å². The van der Waals surface area contributed by atoms with Gasteiger partial charge in [-0.15, -0.1) is 0 Å². The number of hydrogen-bond acceptors (Lipinski definition) is 2. The van der Waals surface area contributed by atoms with E-state index in [9.17, 15) is 0 Å². The summed E-state index contributed by atoms with van der Waals surface area (Å²) in [6.07, 6.45) is 3.17. The Balaban J connectivity index is 2.08. The molecule has 1 heterocycles. The third-order valence-corrected chi connectivity index (χ3v) is 2.99. The molecule has 78 valence electrons. The molecule has 2 nitrogen and oxygen atoms in total. The van der Waals surface area contributed by atoms with E-state index in [0.717, 1.165) is 25.0 Å². The van der Waals surface area contributed by atoms with Gasteiger partial charge in [-0.1, -0.05) is 13.8 Å². The van der Waals surface area contributed by atoms with Crippen LogP contribution in [0.5, 0.6) is 0 Å². The summed E-state index contributed by atoms with van der Waals surface area (Å²) < 4.78 is 5.25. The minimum absolute atomic E-state index is 0.501. The molecule has 13 heavy (non-hydrogen) atoms. The van der Waals surface area contributed by atoms with Gasteiger partial charge in [0.1, 0.15) is 0 Å². The van der Waals surface area contributed by atoms with E-state index >= 15 is 0 Å². The normalized spacial score (nSPS) is 21.9. The van der Waals surface area contributed by atoms with E-state index in [2.05, 4.69) is 25.7 Å². The quantitative estimate of drug-likeness (QED) is 0.650. The lowest BCUT2D eigenvalue weighted by molar-refractivity contribution is -0.0492. The van der Waals surface area contributed by atoms with E-state index < -0.39 is 0 Å². The molecule has 0 bridgehead atoms. The average molecular weight is 185 g/mol. The van der Waals surface area contributed by atoms with Gasteiger partial charge in [0.15, 0.2) is 0 Å². The second kappa shape index (κ2) is 4.97. The number of hydrogen-bond donors (Lipinski definition) is 0. The molecule has 1 unspecified atom stereocenters. The molecule has 1 saturated heterocycles. The van der Waals surface area contributed by atoms with Gasteiger partial charge in [0, 0.05) is 26.2 Å². The largest absolute Gasteiger partial charge is 0.379 e. The van der Waals surface area contributed by atoms with Crippen LogP contribution in [-0.2, 0) is 4.74 Å². The molecular weight excluding hydrogens is 162 g/mol. The van der Waals surface area contributed by atoms with Crippen LogP contribution in [0.3, 0.4) is 0 Å². The molecule has 0 amide bonds. The molecule has 0 radical (unpaired) electrons. The van der Waals surface area contributed by atoms with Crippen LogP contribution >= 0.6 is 0 Å². The van der Waals surface area contributed by atoms with E-state index in [1.54, 1.807) is 7.11 Å². The maximum absolute atomic E-state index is 5.25. The van der Waals surface area contributed by atoms with Crippen molar-refractivity contribution >= 4 is 0 Å². The van der Waals surface area contributed by atoms with Crippen molar-refractivity contribution in [3.63, 3.8) is 0 Å². The van der Waals surface area contributed by atoms with E-state index in [1.165, 1.54) is 12.8 Å². The monoisotopic (exact) mass is 185 g/mol. The topological polar surface area (TPSA) is 12.5 Å². The van der Waals surface area contributed by atoms with Crippen LogP contribution in [0.1, 0.15) is 33.6 Å². The average Bonchev–Trinajstić information content (AvgIpc) is 1.99. The summed E-state index contributed by atoms with van der Waals surface area (Å²) in [6, 6.07) is 0.744. The molecule has 0 aromatic rings.